The normalized spacial score (nSPS) is 23.3. The standard InChI is InChI=1S/C13H18N4O/c1-8(2)11-7-13(15-9-5-10(18)6-9)17-12(16-11)3-4-14-17/h3-4,7-10,15,18H,5-6H2,1-2H3. The first-order valence-electron chi connectivity index (χ1n) is 6.43. The second-order valence-corrected chi connectivity index (χ2v) is 5.29. The van der Waals surface area contributed by atoms with Gasteiger partial charge in [-0.2, -0.15) is 9.61 Å². The van der Waals surface area contributed by atoms with Crippen molar-refractivity contribution in [2.75, 3.05) is 5.32 Å². The van der Waals surface area contributed by atoms with E-state index in [1.54, 1.807) is 6.20 Å². The molecule has 1 aliphatic carbocycles. The van der Waals surface area contributed by atoms with Gasteiger partial charge in [-0.25, -0.2) is 4.98 Å². The van der Waals surface area contributed by atoms with Crippen LogP contribution < -0.4 is 5.32 Å². The first kappa shape index (κ1) is 11.5. The zero-order valence-corrected chi connectivity index (χ0v) is 10.7. The van der Waals surface area contributed by atoms with E-state index in [1.165, 1.54) is 0 Å². The van der Waals surface area contributed by atoms with Crippen LogP contribution in [0.5, 0.6) is 0 Å². The summed E-state index contributed by atoms with van der Waals surface area (Å²) in [5.74, 6) is 1.35. The second-order valence-electron chi connectivity index (χ2n) is 5.29. The highest BCUT2D eigenvalue weighted by molar-refractivity contribution is 5.50. The van der Waals surface area contributed by atoms with Crippen molar-refractivity contribution >= 4 is 11.5 Å². The van der Waals surface area contributed by atoms with E-state index in [0.717, 1.165) is 30.0 Å². The summed E-state index contributed by atoms with van der Waals surface area (Å²) >= 11 is 0. The van der Waals surface area contributed by atoms with Gasteiger partial charge in [-0.3, -0.25) is 0 Å². The summed E-state index contributed by atoms with van der Waals surface area (Å²) in [4.78, 5) is 4.57. The van der Waals surface area contributed by atoms with Crippen LogP contribution in [-0.4, -0.2) is 31.9 Å². The molecule has 0 aromatic carbocycles. The molecule has 18 heavy (non-hydrogen) atoms. The Morgan fingerprint density at radius 1 is 1.44 bits per heavy atom. The van der Waals surface area contributed by atoms with Crippen LogP contribution in [0, 0.1) is 0 Å². The lowest BCUT2D eigenvalue weighted by Gasteiger charge is -2.32. The number of aliphatic hydroxyl groups excluding tert-OH is 1. The van der Waals surface area contributed by atoms with Gasteiger partial charge in [0.2, 0.25) is 0 Å². The Morgan fingerprint density at radius 2 is 2.22 bits per heavy atom. The van der Waals surface area contributed by atoms with Crippen molar-refractivity contribution in [1.82, 2.24) is 14.6 Å². The van der Waals surface area contributed by atoms with Gasteiger partial charge in [-0.05, 0) is 18.8 Å². The van der Waals surface area contributed by atoms with E-state index in [9.17, 15) is 5.11 Å². The maximum atomic E-state index is 9.34. The molecule has 0 spiro atoms. The fraction of sp³-hybridized carbons (Fsp3) is 0.538. The Labute approximate surface area is 106 Å². The molecule has 2 heterocycles. The highest BCUT2D eigenvalue weighted by Crippen LogP contribution is 2.25. The highest BCUT2D eigenvalue weighted by Gasteiger charge is 2.27. The molecule has 1 aliphatic rings. The van der Waals surface area contributed by atoms with Crippen molar-refractivity contribution in [3.8, 4) is 0 Å². The summed E-state index contributed by atoms with van der Waals surface area (Å²) in [6.45, 7) is 4.26. The van der Waals surface area contributed by atoms with Crippen LogP contribution in [0.15, 0.2) is 18.3 Å². The Balaban J connectivity index is 1.95. The Hall–Kier alpha value is -1.62. The molecule has 0 unspecified atom stereocenters. The maximum absolute atomic E-state index is 9.34. The predicted octanol–water partition coefficient (Wildman–Crippen LogP) is 1.79. The largest absolute Gasteiger partial charge is 0.393 e. The molecule has 2 aromatic heterocycles. The number of nitrogens with one attached hydrogen (secondary N) is 1. The van der Waals surface area contributed by atoms with Gasteiger partial charge in [0.1, 0.15) is 5.82 Å². The first-order valence-corrected chi connectivity index (χ1v) is 6.43. The van der Waals surface area contributed by atoms with Crippen molar-refractivity contribution in [3.05, 3.63) is 24.0 Å². The average molecular weight is 246 g/mol. The Kier molecular flexibility index (Phi) is 2.70. The Morgan fingerprint density at radius 3 is 2.89 bits per heavy atom. The third-order valence-electron chi connectivity index (χ3n) is 3.44. The number of hydrogen-bond donors (Lipinski definition) is 2. The molecule has 0 radical (unpaired) electrons. The van der Waals surface area contributed by atoms with Gasteiger partial charge < -0.3 is 10.4 Å². The van der Waals surface area contributed by atoms with Crippen molar-refractivity contribution in [3.63, 3.8) is 0 Å². The molecule has 5 nitrogen and oxygen atoms in total. The smallest absolute Gasteiger partial charge is 0.157 e. The zero-order chi connectivity index (χ0) is 12.7. The highest BCUT2D eigenvalue weighted by atomic mass is 16.3. The first-order chi connectivity index (χ1) is 8.63. The fourth-order valence-corrected chi connectivity index (χ4v) is 2.25. The summed E-state index contributed by atoms with van der Waals surface area (Å²) in [5, 5.41) is 17.1. The number of nitrogens with zero attached hydrogens (tertiary/aromatic N) is 3. The monoisotopic (exact) mass is 246 g/mol. The number of fused-ring (bicyclic) bond motifs is 1. The minimum atomic E-state index is -0.151. The van der Waals surface area contributed by atoms with E-state index in [0.29, 0.717) is 12.0 Å². The second kappa shape index (κ2) is 4.24. The molecule has 1 saturated carbocycles. The van der Waals surface area contributed by atoms with Crippen LogP contribution in [0.4, 0.5) is 5.82 Å². The summed E-state index contributed by atoms with van der Waals surface area (Å²) in [6, 6.07) is 4.30. The molecule has 96 valence electrons. The quantitative estimate of drug-likeness (QED) is 0.866. The summed E-state index contributed by atoms with van der Waals surface area (Å²) in [5.41, 5.74) is 1.92. The summed E-state index contributed by atoms with van der Waals surface area (Å²) in [7, 11) is 0. The number of aliphatic hydroxyl groups is 1. The van der Waals surface area contributed by atoms with Crippen LogP contribution in [-0.2, 0) is 0 Å². The van der Waals surface area contributed by atoms with Gasteiger partial charge in [0, 0.05) is 23.9 Å². The lowest BCUT2D eigenvalue weighted by molar-refractivity contribution is 0.0834. The maximum Gasteiger partial charge on any atom is 0.157 e. The van der Waals surface area contributed by atoms with Crippen molar-refractivity contribution in [2.24, 2.45) is 0 Å². The number of hydrogen-bond acceptors (Lipinski definition) is 4. The fourth-order valence-electron chi connectivity index (χ4n) is 2.25. The molecule has 2 aromatic rings. The van der Waals surface area contributed by atoms with Gasteiger partial charge >= 0.3 is 0 Å². The number of aromatic nitrogens is 3. The molecule has 0 saturated heterocycles. The van der Waals surface area contributed by atoms with Crippen molar-refractivity contribution in [1.29, 1.82) is 0 Å². The van der Waals surface area contributed by atoms with E-state index in [1.807, 2.05) is 10.6 Å². The van der Waals surface area contributed by atoms with Crippen LogP contribution >= 0.6 is 0 Å². The molecule has 3 rings (SSSR count). The SMILES string of the molecule is CC(C)c1cc(NC2CC(O)C2)n2nccc2n1. The summed E-state index contributed by atoms with van der Waals surface area (Å²) < 4.78 is 1.82. The molecule has 0 aliphatic heterocycles. The van der Waals surface area contributed by atoms with Gasteiger partial charge in [0.15, 0.2) is 5.65 Å². The van der Waals surface area contributed by atoms with Crippen LogP contribution in [0.2, 0.25) is 0 Å². The molecule has 0 bridgehead atoms. The number of rotatable bonds is 3. The van der Waals surface area contributed by atoms with Gasteiger partial charge in [0.25, 0.3) is 0 Å². The molecule has 2 N–H and O–H groups in total. The van der Waals surface area contributed by atoms with E-state index in [4.69, 9.17) is 0 Å². The molecule has 1 fully saturated rings. The van der Waals surface area contributed by atoms with E-state index in [2.05, 4.69) is 35.3 Å². The van der Waals surface area contributed by atoms with Crippen LogP contribution in [0.25, 0.3) is 5.65 Å². The minimum Gasteiger partial charge on any atom is -0.393 e. The van der Waals surface area contributed by atoms with Crippen molar-refractivity contribution in [2.45, 2.75) is 44.8 Å². The lowest BCUT2D eigenvalue weighted by Crippen LogP contribution is -2.39. The van der Waals surface area contributed by atoms with Gasteiger partial charge in [-0.1, -0.05) is 13.8 Å². The molecular weight excluding hydrogens is 228 g/mol. The van der Waals surface area contributed by atoms with E-state index >= 15 is 0 Å². The third-order valence-corrected chi connectivity index (χ3v) is 3.44. The number of anilines is 1. The Bertz CT molecular complexity index is 557. The van der Waals surface area contributed by atoms with Gasteiger partial charge in [-0.15, -0.1) is 0 Å². The lowest BCUT2D eigenvalue weighted by atomic mass is 9.89. The van der Waals surface area contributed by atoms with E-state index < -0.39 is 0 Å². The topological polar surface area (TPSA) is 62.5 Å². The molecule has 0 atom stereocenters. The predicted molar refractivity (Wildman–Crippen MR) is 69.7 cm³/mol. The summed E-state index contributed by atoms with van der Waals surface area (Å²) in [6.07, 6.45) is 3.22. The van der Waals surface area contributed by atoms with Crippen LogP contribution in [0.3, 0.4) is 0 Å². The van der Waals surface area contributed by atoms with Crippen LogP contribution in [0.1, 0.15) is 38.3 Å². The molecule has 0 amide bonds. The average Bonchev–Trinajstić information content (AvgIpc) is 2.74. The van der Waals surface area contributed by atoms with E-state index in [-0.39, 0.29) is 6.10 Å². The molecular formula is C13H18N4O. The molecule has 5 heteroatoms. The third kappa shape index (κ3) is 1.95. The zero-order valence-electron chi connectivity index (χ0n) is 10.7. The van der Waals surface area contributed by atoms with Gasteiger partial charge in [0.05, 0.1) is 12.3 Å². The van der Waals surface area contributed by atoms with Crippen molar-refractivity contribution < 1.29 is 5.11 Å². The minimum absolute atomic E-state index is 0.151.